The Kier molecular flexibility index (Phi) is 11.0. The number of nitrogens with one attached hydrogen (secondary N) is 1. The Morgan fingerprint density at radius 1 is 0.950 bits per heavy atom. The summed E-state index contributed by atoms with van der Waals surface area (Å²) < 4.78 is 40.2. The molecule has 214 valence electrons. The van der Waals surface area contributed by atoms with E-state index in [1.807, 2.05) is 44.2 Å². The average molecular weight is 609 g/mol. The predicted molar refractivity (Wildman–Crippen MR) is 157 cm³/mol. The second-order valence-electron chi connectivity index (χ2n) is 9.86. The fraction of sp³-hybridized carbons (Fsp3) is 0.310. The van der Waals surface area contributed by atoms with Gasteiger partial charge >= 0.3 is 0 Å². The van der Waals surface area contributed by atoms with Crippen LogP contribution in [0.2, 0.25) is 10.0 Å². The molecule has 7 nitrogen and oxygen atoms in total. The monoisotopic (exact) mass is 607 g/mol. The molecule has 3 aromatic carbocycles. The lowest BCUT2D eigenvalue weighted by atomic mass is 10.0. The zero-order valence-electron chi connectivity index (χ0n) is 22.5. The number of halogens is 3. The van der Waals surface area contributed by atoms with Gasteiger partial charge in [0.15, 0.2) is 0 Å². The highest BCUT2D eigenvalue weighted by atomic mass is 35.5. The van der Waals surface area contributed by atoms with E-state index in [-0.39, 0.29) is 35.5 Å². The van der Waals surface area contributed by atoms with E-state index in [1.165, 1.54) is 47.4 Å². The maximum absolute atomic E-state index is 14.0. The molecule has 0 aliphatic rings. The topological polar surface area (TPSA) is 86.8 Å². The van der Waals surface area contributed by atoms with E-state index in [9.17, 15) is 22.4 Å². The summed E-state index contributed by atoms with van der Waals surface area (Å²) in [4.78, 5) is 28.9. The van der Waals surface area contributed by atoms with Gasteiger partial charge < -0.3 is 10.2 Å². The van der Waals surface area contributed by atoms with Crippen molar-refractivity contribution in [1.29, 1.82) is 0 Å². The Labute approximate surface area is 244 Å². The molecule has 2 amide bonds. The molecule has 1 N–H and O–H groups in total. The second-order valence-corrected chi connectivity index (χ2v) is 12.6. The summed E-state index contributed by atoms with van der Waals surface area (Å²) in [7, 11) is -3.98. The first kappa shape index (κ1) is 31.4. The molecule has 0 saturated heterocycles. The van der Waals surface area contributed by atoms with Crippen molar-refractivity contribution in [2.75, 3.05) is 23.7 Å². The van der Waals surface area contributed by atoms with E-state index >= 15 is 0 Å². The Bertz CT molecular complexity index is 1420. The molecular weight excluding hydrogens is 576 g/mol. The van der Waals surface area contributed by atoms with Crippen LogP contribution in [0.1, 0.15) is 25.0 Å². The SMILES string of the molecule is CC(C)CNC(=O)[C@@H](Cc1ccccc1)N(Cc1ccc(F)cc1)C(=O)CN(c1ccc(Cl)cc1Cl)S(C)(=O)=O. The van der Waals surface area contributed by atoms with E-state index in [4.69, 9.17) is 23.2 Å². The number of sulfonamides is 1. The van der Waals surface area contributed by atoms with Gasteiger partial charge in [0.1, 0.15) is 18.4 Å². The van der Waals surface area contributed by atoms with Gasteiger partial charge in [0.25, 0.3) is 0 Å². The lowest BCUT2D eigenvalue weighted by Crippen LogP contribution is -2.53. The predicted octanol–water partition coefficient (Wildman–Crippen LogP) is 5.31. The molecule has 0 aromatic heterocycles. The molecule has 0 bridgehead atoms. The first-order valence-electron chi connectivity index (χ1n) is 12.6. The van der Waals surface area contributed by atoms with E-state index < -0.39 is 34.3 Å². The minimum Gasteiger partial charge on any atom is -0.354 e. The van der Waals surface area contributed by atoms with Crippen LogP contribution in [0.5, 0.6) is 0 Å². The number of hydrogen-bond donors (Lipinski definition) is 1. The summed E-state index contributed by atoms with van der Waals surface area (Å²) in [6.07, 6.45) is 1.14. The number of carbonyl (C=O) groups is 2. The van der Waals surface area contributed by atoms with Gasteiger partial charge in [-0.15, -0.1) is 0 Å². The van der Waals surface area contributed by atoms with Gasteiger partial charge in [-0.3, -0.25) is 13.9 Å². The van der Waals surface area contributed by atoms with Crippen LogP contribution in [-0.2, 0) is 32.6 Å². The van der Waals surface area contributed by atoms with Crippen LogP contribution in [0.4, 0.5) is 10.1 Å². The van der Waals surface area contributed by atoms with Crippen molar-refractivity contribution in [1.82, 2.24) is 10.2 Å². The zero-order chi connectivity index (χ0) is 29.4. The third-order valence-corrected chi connectivity index (χ3v) is 7.74. The summed E-state index contributed by atoms with van der Waals surface area (Å²) in [6.45, 7) is 3.61. The third kappa shape index (κ3) is 8.94. The molecule has 11 heteroatoms. The molecule has 0 unspecified atom stereocenters. The third-order valence-electron chi connectivity index (χ3n) is 6.08. The smallest absolute Gasteiger partial charge is 0.244 e. The normalized spacial score (nSPS) is 12.2. The van der Waals surface area contributed by atoms with Crippen molar-refractivity contribution in [2.24, 2.45) is 5.92 Å². The molecule has 0 spiro atoms. The molecule has 0 radical (unpaired) electrons. The molecule has 0 aliphatic heterocycles. The fourth-order valence-electron chi connectivity index (χ4n) is 4.04. The van der Waals surface area contributed by atoms with Crippen molar-refractivity contribution < 1.29 is 22.4 Å². The van der Waals surface area contributed by atoms with Gasteiger partial charge in [-0.25, -0.2) is 12.8 Å². The van der Waals surface area contributed by atoms with E-state index in [2.05, 4.69) is 5.32 Å². The summed E-state index contributed by atoms with van der Waals surface area (Å²) in [5, 5.41) is 3.25. The molecule has 3 aromatic rings. The van der Waals surface area contributed by atoms with Crippen LogP contribution in [0.3, 0.4) is 0 Å². The fourth-order valence-corrected chi connectivity index (χ4v) is 5.46. The molecule has 3 rings (SSSR count). The van der Waals surface area contributed by atoms with Gasteiger partial charge in [-0.1, -0.05) is 79.5 Å². The van der Waals surface area contributed by atoms with E-state index in [0.717, 1.165) is 16.1 Å². The number of nitrogens with zero attached hydrogens (tertiary/aromatic N) is 2. The Balaban J connectivity index is 2.06. The van der Waals surface area contributed by atoms with Gasteiger partial charge in [-0.05, 0) is 47.4 Å². The van der Waals surface area contributed by atoms with Gasteiger partial charge in [0.2, 0.25) is 21.8 Å². The average Bonchev–Trinajstić information content (AvgIpc) is 2.89. The Hall–Kier alpha value is -3.14. The van der Waals surface area contributed by atoms with Crippen LogP contribution in [0.15, 0.2) is 72.8 Å². The summed E-state index contributed by atoms with van der Waals surface area (Å²) in [6, 6.07) is 18.1. The Morgan fingerprint density at radius 2 is 1.60 bits per heavy atom. The standard InChI is InChI=1S/C29H32Cl2FN3O4S/c1-20(2)17-33-29(37)27(15-21-7-5-4-6-8-21)34(18-22-9-12-24(32)13-10-22)28(36)19-35(40(3,38)39)26-14-11-23(30)16-25(26)31/h4-14,16,20,27H,15,17-19H2,1-3H3,(H,33,37)/t27-/m1/s1. The van der Waals surface area contributed by atoms with Crippen molar-refractivity contribution in [3.8, 4) is 0 Å². The first-order chi connectivity index (χ1) is 18.8. The van der Waals surface area contributed by atoms with Gasteiger partial charge in [0.05, 0.1) is 17.0 Å². The highest BCUT2D eigenvalue weighted by Crippen LogP contribution is 2.30. The zero-order valence-corrected chi connectivity index (χ0v) is 24.8. The second kappa shape index (κ2) is 14.0. The van der Waals surface area contributed by atoms with Crippen LogP contribution < -0.4 is 9.62 Å². The van der Waals surface area contributed by atoms with Crippen LogP contribution in [0.25, 0.3) is 0 Å². The number of rotatable bonds is 12. The minimum atomic E-state index is -3.98. The number of amides is 2. The van der Waals surface area contributed by atoms with E-state index in [1.54, 1.807) is 0 Å². The molecule has 0 fully saturated rings. The van der Waals surface area contributed by atoms with Crippen molar-refractivity contribution in [3.63, 3.8) is 0 Å². The minimum absolute atomic E-state index is 0.0475. The van der Waals surface area contributed by atoms with Crippen LogP contribution in [-0.4, -0.2) is 50.5 Å². The van der Waals surface area contributed by atoms with Crippen molar-refractivity contribution >= 4 is 50.7 Å². The highest BCUT2D eigenvalue weighted by molar-refractivity contribution is 7.92. The molecule has 0 saturated carbocycles. The Morgan fingerprint density at radius 3 is 2.17 bits per heavy atom. The quantitative estimate of drug-likeness (QED) is 0.302. The lowest BCUT2D eigenvalue weighted by Gasteiger charge is -2.33. The molecule has 0 heterocycles. The van der Waals surface area contributed by atoms with Crippen molar-refractivity contribution in [2.45, 2.75) is 32.9 Å². The maximum Gasteiger partial charge on any atom is 0.244 e. The summed E-state index contributed by atoms with van der Waals surface area (Å²) in [5.74, 6) is -1.31. The van der Waals surface area contributed by atoms with Crippen LogP contribution in [0, 0.1) is 11.7 Å². The molecule has 1 atom stereocenters. The number of hydrogen-bond acceptors (Lipinski definition) is 4. The number of carbonyl (C=O) groups excluding carboxylic acids is 2. The lowest BCUT2D eigenvalue weighted by molar-refractivity contribution is -0.140. The van der Waals surface area contributed by atoms with Gasteiger partial charge in [0, 0.05) is 24.5 Å². The first-order valence-corrected chi connectivity index (χ1v) is 15.2. The molecule has 40 heavy (non-hydrogen) atoms. The largest absolute Gasteiger partial charge is 0.354 e. The molecule has 0 aliphatic carbocycles. The number of benzene rings is 3. The van der Waals surface area contributed by atoms with E-state index in [0.29, 0.717) is 17.1 Å². The van der Waals surface area contributed by atoms with Crippen molar-refractivity contribution in [3.05, 3.63) is 99.8 Å². The summed E-state index contributed by atoms with van der Waals surface area (Å²) in [5.41, 5.74) is 1.46. The number of anilines is 1. The maximum atomic E-state index is 14.0. The van der Waals surface area contributed by atoms with Gasteiger partial charge in [-0.2, -0.15) is 0 Å². The summed E-state index contributed by atoms with van der Waals surface area (Å²) >= 11 is 12.3. The van der Waals surface area contributed by atoms with Crippen LogP contribution >= 0.6 is 23.2 Å². The molecular formula is C29H32Cl2FN3O4S. The highest BCUT2D eigenvalue weighted by Gasteiger charge is 2.33.